The van der Waals surface area contributed by atoms with Gasteiger partial charge in [0.05, 0.1) is 12.2 Å². The quantitative estimate of drug-likeness (QED) is 0.583. The Morgan fingerprint density at radius 2 is 1.94 bits per heavy atom. The molecule has 4 rings (SSSR count). The number of amides is 1. The first-order valence-electron chi connectivity index (χ1n) is 10.9. The van der Waals surface area contributed by atoms with Crippen LogP contribution in [0.15, 0.2) is 72.9 Å². The maximum absolute atomic E-state index is 11.2. The minimum atomic E-state index is -0.0400. The zero-order chi connectivity index (χ0) is 21.5. The molecule has 1 aromatic heterocycles. The molecule has 0 radical (unpaired) electrons. The van der Waals surface area contributed by atoms with E-state index in [9.17, 15) is 4.79 Å². The van der Waals surface area contributed by atoms with Gasteiger partial charge in [-0.25, -0.2) is 0 Å². The summed E-state index contributed by atoms with van der Waals surface area (Å²) in [5, 5.41) is 2.83. The molecule has 1 N–H and O–H groups in total. The largest absolute Gasteiger partial charge is 0.489 e. The molecule has 160 valence electrons. The Kier molecular flexibility index (Phi) is 6.95. The van der Waals surface area contributed by atoms with Crippen LogP contribution in [0, 0.1) is 0 Å². The van der Waals surface area contributed by atoms with E-state index < -0.39 is 0 Å². The molecule has 1 aliphatic rings. The van der Waals surface area contributed by atoms with Gasteiger partial charge in [-0.3, -0.25) is 14.7 Å². The average Bonchev–Trinajstić information content (AvgIpc) is 3.26. The first-order valence-corrected chi connectivity index (χ1v) is 10.9. The van der Waals surface area contributed by atoms with Gasteiger partial charge in [0.15, 0.2) is 0 Å². The van der Waals surface area contributed by atoms with Gasteiger partial charge in [0.1, 0.15) is 12.4 Å². The second-order valence-electron chi connectivity index (χ2n) is 8.00. The molecule has 0 saturated carbocycles. The van der Waals surface area contributed by atoms with Crippen LogP contribution in [0.25, 0.3) is 0 Å². The number of para-hydroxylation sites is 1. The van der Waals surface area contributed by atoms with Gasteiger partial charge in [-0.2, -0.15) is 0 Å². The summed E-state index contributed by atoms with van der Waals surface area (Å²) in [6, 6.07) is 23.1. The van der Waals surface area contributed by atoms with E-state index in [1.807, 2.05) is 30.5 Å². The molecule has 1 saturated heterocycles. The Morgan fingerprint density at radius 3 is 2.77 bits per heavy atom. The predicted molar refractivity (Wildman–Crippen MR) is 121 cm³/mol. The van der Waals surface area contributed by atoms with Crippen LogP contribution in [0.2, 0.25) is 0 Å². The number of pyridine rings is 1. The number of benzene rings is 2. The molecule has 1 atom stereocenters. The third-order valence-corrected chi connectivity index (χ3v) is 5.69. The standard InChI is InChI=1S/C26H29N3O2/c1-20(30)28-17-24-16-22(13-14-27-24)25-11-7-15-29(25)18-23-10-5-6-12-26(23)31-19-21-8-3-2-4-9-21/h2-6,8-10,12-14,16,25H,7,11,15,17-19H2,1H3,(H,28,30). The van der Waals surface area contributed by atoms with Crippen LogP contribution in [0.1, 0.15) is 48.2 Å². The van der Waals surface area contributed by atoms with Crippen molar-refractivity contribution < 1.29 is 9.53 Å². The number of nitrogens with zero attached hydrogens (tertiary/aromatic N) is 2. The van der Waals surface area contributed by atoms with Gasteiger partial charge in [0.25, 0.3) is 0 Å². The van der Waals surface area contributed by atoms with E-state index in [1.165, 1.54) is 30.0 Å². The molecular formula is C26H29N3O2. The van der Waals surface area contributed by atoms with E-state index >= 15 is 0 Å². The highest BCUT2D eigenvalue weighted by molar-refractivity contribution is 5.72. The van der Waals surface area contributed by atoms with Gasteiger partial charge in [0, 0.05) is 31.3 Å². The van der Waals surface area contributed by atoms with Crippen molar-refractivity contribution in [3.05, 3.63) is 95.3 Å². The Balaban J connectivity index is 1.46. The van der Waals surface area contributed by atoms with Crippen molar-refractivity contribution in [2.24, 2.45) is 0 Å². The minimum absolute atomic E-state index is 0.0400. The van der Waals surface area contributed by atoms with Crippen molar-refractivity contribution in [2.75, 3.05) is 6.54 Å². The normalized spacial score (nSPS) is 16.2. The second kappa shape index (κ2) is 10.2. The second-order valence-corrected chi connectivity index (χ2v) is 8.00. The number of ether oxygens (including phenoxy) is 1. The highest BCUT2D eigenvalue weighted by atomic mass is 16.5. The first-order chi connectivity index (χ1) is 15.2. The molecule has 5 heteroatoms. The fraction of sp³-hybridized carbons (Fsp3) is 0.308. The van der Waals surface area contributed by atoms with E-state index in [1.54, 1.807) is 0 Å². The van der Waals surface area contributed by atoms with Crippen molar-refractivity contribution in [1.82, 2.24) is 15.2 Å². The van der Waals surface area contributed by atoms with E-state index in [-0.39, 0.29) is 5.91 Å². The molecule has 1 aliphatic heterocycles. The maximum atomic E-state index is 11.2. The van der Waals surface area contributed by atoms with E-state index in [4.69, 9.17) is 4.74 Å². The molecule has 31 heavy (non-hydrogen) atoms. The van der Waals surface area contributed by atoms with Crippen LogP contribution in [0.5, 0.6) is 5.75 Å². The number of aromatic nitrogens is 1. The maximum Gasteiger partial charge on any atom is 0.217 e. The number of nitrogens with one attached hydrogen (secondary N) is 1. The lowest BCUT2D eigenvalue weighted by Gasteiger charge is -2.26. The highest BCUT2D eigenvalue weighted by Gasteiger charge is 2.27. The number of hydrogen-bond donors (Lipinski definition) is 1. The molecule has 5 nitrogen and oxygen atoms in total. The summed E-state index contributed by atoms with van der Waals surface area (Å²) in [5.74, 6) is 0.903. The zero-order valence-corrected chi connectivity index (χ0v) is 18.0. The predicted octanol–water partition coefficient (Wildman–Crippen LogP) is 4.63. The highest BCUT2D eigenvalue weighted by Crippen LogP contribution is 2.34. The van der Waals surface area contributed by atoms with Crippen molar-refractivity contribution in [3.8, 4) is 5.75 Å². The van der Waals surface area contributed by atoms with Gasteiger partial charge in [0.2, 0.25) is 5.91 Å². The summed E-state index contributed by atoms with van der Waals surface area (Å²) < 4.78 is 6.17. The molecule has 0 spiro atoms. The monoisotopic (exact) mass is 415 g/mol. The molecule has 2 aromatic carbocycles. The fourth-order valence-electron chi connectivity index (χ4n) is 4.14. The van der Waals surface area contributed by atoms with Gasteiger partial charge in [-0.05, 0) is 48.7 Å². The van der Waals surface area contributed by atoms with Crippen LogP contribution >= 0.6 is 0 Å². The summed E-state index contributed by atoms with van der Waals surface area (Å²) in [7, 11) is 0. The molecule has 3 aromatic rings. The average molecular weight is 416 g/mol. The minimum Gasteiger partial charge on any atom is -0.489 e. The van der Waals surface area contributed by atoms with Gasteiger partial charge in [-0.15, -0.1) is 0 Å². The lowest BCUT2D eigenvalue weighted by molar-refractivity contribution is -0.119. The van der Waals surface area contributed by atoms with Crippen LogP contribution in [0.3, 0.4) is 0 Å². The van der Waals surface area contributed by atoms with Gasteiger partial charge in [-0.1, -0.05) is 48.5 Å². The number of likely N-dealkylation sites (tertiary alicyclic amines) is 1. The third kappa shape index (κ3) is 5.70. The Bertz CT molecular complexity index is 1010. The smallest absolute Gasteiger partial charge is 0.217 e. The van der Waals surface area contributed by atoms with Crippen molar-refractivity contribution in [2.45, 2.75) is 45.5 Å². The van der Waals surface area contributed by atoms with Crippen LogP contribution < -0.4 is 10.1 Å². The summed E-state index contributed by atoms with van der Waals surface area (Å²) in [4.78, 5) is 18.2. The molecule has 2 heterocycles. The van der Waals surface area contributed by atoms with Crippen molar-refractivity contribution >= 4 is 5.91 Å². The number of carbonyl (C=O) groups excluding carboxylic acids is 1. The fourth-order valence-corrected chi connectivity index (χ4v) is 4.14. The molecule has 0 bridgehead atoms. The lowest BCUT2D eigenvalue weighted by atomic mass is 10.0. The molecule has 1 fully saturated rings. The Morgan fingerprint density at radius 1 is 1.13 bits per heavy atom. The third-order valence-electron chi connectivity index (χ3n) is 5.69. The van der Waals surface area contributed by atoms with Gasteiger partial charge >= 0.3 is 0 Å². The molecule has 1 unspecified atom stereocenters. The summed E-state index contributed by atoms with van der Waals surface area (Å²) in [6.45, 7) is 4.46. The lowest BCUT2D eigenvalue weighted by Crippen LogP contribution is -2.24. The van der Waals surface area contributed by atoms with E-state index in [0.717, 1.165) is 31.0 Å². The van der Waals surface area contributed by atoms with Crippen molar-refractivity contribution in [3.63, 3.8) is 0 Å². The van der Waals surface area contributed by atoms with Crippen molar-refractivity contribution in [1.29, 1.82) is 0 Å². The number of carbonyl (C=O) groups is 1. The van der Waals surface area contributed by atoms with Crippen LogP contribution in [-0.2, 0) is 24.5 Å². The summed E-state index contributed by atoms with van der Waals surface area (Å²) in [6.07, 6.45) is 4.14. The Hall–Kier alpha value is -3.18. The van der Waals surface area contributed by atoms with Crippen LogP contribution in [0.4, 0.5) is 0 Å². The van der Waals surface area contributed by atoms with E-state index in [2.05, 4.69) is 57.7 Å². The summed E-state index contributed by atoms with van der Waals surface area (Å²) >= 11 is 0. The van der Waals surface area contributed by atoms with E-state index in [0.29, 0.717) is 19.2 Å². The zero-order valence-electron chi connectivity index (χ0n) is 18.0. The topological polar surface area (TPSA) is 54.5 Å². The van der Waals surface area contributed by atoms with Gasteiger partial charge < -0.3 is 10.1 Å². The SMILES string of the molecule is CC(=O)NCc1cc(C2CCCN2Cc2ccccc2OCc2ccccc2)ccn1. The Labute approximate surface area is 184 Å². The molecule has 0 aliphatic carbocycles. The van der Waals surface area contributed by atoms with Crippen LogP contribution in [-0.4, -0.2) is 22.3 Å². The first kappa shape index (κ1) is 21.1. The molecule has 1 amide bonds. The number of rotatable bonds is 8. The number of hydrogen-bond acceptors (Lipinski definition) is 4. The summed E-state index contributed by atoms with van der Waals surface area (Å²) in [5.41, 5.74) is 4.53. The molecular weight excluding hydrogens is 386 g/mol.